The van der Waals surface area contributed by atoms with Crippen molar-refractivity contribution in [1.29, 1.82) is 5.26 Å². The number of nitrogens with zero attached hydrogens (tertiary/aromatic N) is 4. The highest BCUT2D eigenvalue weighted by Gasteiger charge is 2.16. The number of hydrogen-bond acceptors (Lipinski definition) is 5. The van der Waals surface area contributed by atoms with Gasteiger partial charge in [-0.25, -0.2) is 4.98 Å². The number of nitriles is 1. The Morgan fingerprint density at radius 1 is 1.35 bits per heavy atom. The maximum Gasteiger partial charge on any atom is 0.107 e. The van der Waals surface area contributed by atoms with E-state index in [1.807, 2.05) is 5.38 Å². The Morgan fingerprint density at radius 2 is 2.06 bits per heavy atom. The second-order valence-corrected chi connectivity index (χ2v) is 5.22. The molecule has 4 nitrogen and oxygen atoms in total. The molecule has 0 amide bonds. The molecule has 0 saturated carbocycles. The highest BCUT2D eigenvalue weighted by Crippen LogP contribution is 2.14. The molecule has 0 aliphatic carbocycles. The normalized spacial score (nSPS) is 18.1. The van der Waals surface area contributed by atoms with Gasteiger partial charge in [0.2, 0.25) is 0 Å². The Hall–Kier alpha value is -0.960. The molecule has 1 aromatic heterocycles. The maximum atomic E-state index is 8.61. The lowest BCUT2D eigenvalue weighted by Crippen LogP contribution is -2.45. The van der Waals surface area contributed by atoms with E-state index in [9.17, 15) is 0 Å². The van der Waals surface area contributed by atoms with E-state index in [0.717, 1.165) is 50.0 Å². The van der Waals surface area contributed by atoms with Gasteiger partial charge in [0.15, 0.2) is 0 Å². The van der Waals surface area contributed by atoms with E-state index in [4.69, 9.17) is 5.26 Å². The molecule has 0 atom stereocenters. The highest BCUT2D eigenvalue weighted by atomic mass is 32.1. The number of rotatable bonds is 4. The quantitative estimate of drug-likeness (QED) is 0.809. The molecule has 1 fully saturated rings. The zero-order valence-corrected chi connectivity index (χ0v) is 11.0. The van der Waals surface area contributed by atoms with Gasteiger partial charge >= 0.3 is 0 Å². The van der Waals surface area contributed by atoms with Crippen LogP contribution in [0.5, 0.6) is 0 Å². The van der Waals surface area contributed by atoms with Crippen LogP contribution in [0.4, 0.5) is 0 Å². The molecule has 1 saturated heterocycles. The fourth-order valence-corrected chi connectivity index (χ4v) is 2.87. The number of thiazole rings is 1. The standard InChI is InChI=1S/C12H18N4S/c1-2-15-5-7-16(8-6-15)9-12-14-11(3-4-13)10-17-12/h10H,2-3,5-9H2,1H3. The Bertz CT molecular complexity index is 387. The lowest BCUT2D eigenvalue weighted by atomic mass is 10.3. The van der Waals surface area contributed by atoms with E-state index in [2.05, 4.69) is 27.8 Å². The molecule has 0 bridgehead atoms. The molecule has 17 heavy (non-hydrogen) atoms. The van der Waals surface area contributed by atoms with Crippen LogP contribution in [0.15, 0.2) is 5.38 Å². The third-order valence-corrected chi connectivity index (χ3v) is 4.01. The van der Waals surface area contributed by atoms with Crippen LogP contribution in [0.2, 0.25) is 0 Å². The number of likely N-dealkylation sites (N-methyl/N-ethyl adjacent to an activating group) is 1. The van der Waals surface area contributed by atoms with Crippen molar-refractivity contribution < 1.29 is 0 Å². The van der Waals surface area contributed by atoms with Crippen molar-refractivity contribution in [2.24, 2.45) is 0 Å². The molecule has 1 aliphatic heterocycles. The van der Waals surface area contributed by atoms with Gasteiger partial charge in [0.1, 0.15) is 5.01 Å². The Kier molecular flexibility index (Phi) is 4.49. The third-order valence-electron chi connectivity index (χ3n) is 3.13. The summed E-state index contributed by atoms with van der Waals surface area (Å²) in [6, 6.07) is 2.14. The van der Waals surface area contributed by atoms with Crippen LogP contribution in [0.1, 0.15) is 17.6 Å². The summed E-state index contributed by atoms with van der Waals surface area (Å²) in [6.07, 6.45) is 0.431. The summed E-state index contributed by atoms with van der Waals surface area (Å²) in [7, 11) is 0. The second kappa shape index (κ2) is 6.10. The monoisotopic (exact) mass is 250 g/mol. The maximum absolute atomic E-state index is 8.61. The molecular formula is C12H18N4S. The van der Waals surface area contributed by atoms with Crippen LogP contribution in [0.25, 0.3) is 0 Å². The van der Waals surface area contributed by atoms with Gasteiger partial charge in [0.25, 0.3) is 0 Å². The molecule has 0 N–H and O–H groups in total. The van der Waals surface area contributed by atoms with Gasteiger partial charge in [-0.2, -0.15) is 5.26 Å². The zero-order chi connectivity index (χ0) is 12.1. The molecule has 92 valence electrons. The summed E-state index contributed by atoms with van der Waals surface area (Å²) in [5.74, 6) is 0. The molecule has 0 unspecified atom stereocenters. The minimum absolute atomic E-state index is 0.431. The van der Waals surface area contributed by atoms with Crippen LogP contribution in [-0.2, 0) is 13.0 Å². The van der Waals surface area contributed by atoms with E-state index in [-0.39, 0.29) is 0 Å². The molecule has 0 radical (unpaired) electrons. The van der Waals surface area contributed by atoms with Gasteiger partial charge in [-0.1, -0.05) is 6.92 Å². The number of piperazine rings is 1. The molecular weight excluding hydrogens is 232 g/mol. The van der Waals surface area contributed by atoms with Crippen LogP contribution < -0.4 is 0 Å². The first kappa shape index (κ1) is 12.5. The van der Waals surface area contributed by atoms with Gasteiger partial charge < -0.3 is 4.90 Å². The van der Waals surface area contributed by atoms with Crippen molar-refractivity contribution >= 4 is 11.3 Å². The predicted molar refractivity (Wildman–Crippen MR) is 68.8 cm³/mol. The summed E-state index contributed by atoms with van der Waals surface area (Å²) < 4.78 is 0. The zero-order valence-electron chi connectivity index (χ0n) is 10.2. The Morgan fingerprint density at radius 3 is 2.71 bits per heavy atom. The number of aromatic nitrogens is 1. The average molecular weight is 250 g/mol. The molecule has 0 aromatic carbocycles. The second-order valence-electron chi connectivity index (χ2n) is 4.28. The van der Waals surface area contributed by atoms with E-state index in [0.29, 0.717) is 6.42 Å². The highest BCUT2D eigenvalue weighted by molar-refractivity contribution is 7.09. The Balaban J connectivity index is 1.83. The van der Waals surface area contributed by atoms with Crippen molar-refractivity contribution in [3.63, 3.8) is 0 Å². The lowest BCUT2D eigenvalue weighted by Gasteiger charge is -2.33. The van der Waals surface area contributed by atoms with Crippen LogP contribution >= 0.6 is 11.3 Å². The van der Waals surface area contributed by atoms with Crippen molar-refractivity contribution in [1.82, 2.24) is 14.8 Å². The molecule has 2 rings (SSSR count). The minimum Gasteiger partial charge on any atom is -0.301 e. The first-order valence-electron chi connectivity index (χ1n) is 6.06. The van der Waals surface area contributed by atoms with E-state index < -0.39 is 0 Å². The molecule has 5 heteroatoms. The first-order valence-corrected chi connectivity index (χ1v) is 6.94. The topological polar surface area (TPSA) is 43.2 Å². The average Bonchev–Trinajstić information content (AvgIpc) is 2.78. The van der Waals surface area contributed by atoms with E-state index in [1.54, 1.807) is 11.3 Å². The largest absolute Gasteiger partial charge is 0.301 e. The summed E-state index contributed by atoms with van der Waals surface area (Å²) in [5.41, 5.74) is 0.916. The van der Waals surface area contributed by atoms with E-state index >= 15 is 0 Å². The summed E-state index contributed by atoms with van der Waals surface area (Å²) >= 11 is 1.67. The molecule has 0 spiro atoms. The Labute approximate surface area is 106 Å². The van der Waals surface area contributed by atoms with Gasteiger partial charge in [0.05, 0.1) is 24.7 Å². The van der Waals surface area contributed by atoms with Gasteiger partial charge in [-0.05, 0) is 6.54 Å². The van der Waals surface area contributed by atoms with Crippen molar-refractivity contribution in [2.75, 3.05) is 32.7 Å². The fourth-order valence-electron chi connectivity index (χ4n) is 2.04. The first-order chi connectivity index (χ1) is 8.31. The van der Waals surface area contributed by atoms with Crippen LogP contribution in [0.3, 0.4) is 0 Å². The van der Waals surface area contributed by atoms with Crippen molar-refractivity contribution in [3.8, 4) is 6.07 Å². The minimum atomic E-state index is 0.431. The molecule has 1 aromatic rings. The van der Waals surface area contributed by atoms with Gasteiger partial charge in [-0.15, -0.1) is 11.3 Å². The van der Waals surface area contributed by atoms with Crippen molar-refractivity contribution in [3.05, 3.63) is 16.1 Å². The summed E-state index contributed by atoms with van der Waals surface area (Å²) in [5, 5.41) is 11.7. The lowest BCUT2D eigenvalue weighted by molar-refractivity contribution is 0.132. The van der Waals surface area contributed by atoms with Gasteiger partial charge in [-0.3, -0.25) is 4.90 Å². The van der Waals surface area contributed by atoms with Crippen LogP contribution in [-0.4, -0.2) is 47.5 Å². The molecule has 2 heterocycles. The summed E-state index contributed by atoms with van der Waals surface area (Å²) in [4.78, 5) is 9.39. The molecule has 1 aliphatic rings. The van der Waals surface area contributed by atoms with Crippen molar-refractivity contribution in [2.45, 2.75) is 19.9 Å². The predicted octanol–water partition coefficient (Wildman–Crippen LogP) is 1.35. The summed E-state index contributed by atoms with van der Waals surface area (Å²) in [6.45, 7) is 8.87. The fraction of sp³-hybridized carbons (Fsp3) is 0.667. The SMILES string of the molecule is CCN1CCN(Cc2nc(CC#N)cs2)CC1. The van der Waals surface area contributed by atoms with E-state index in [1.165, 1.54) is 0 Å². The smallest absolute Gasteiger partial charge is 0.107 e. The van der Waals surface area contributed by atoms with Gasteiger partial charge in [0, 0.05) is 31.6 Å². The van der Waals surface area contributed by atoms with Crippen LogP contribution in [0, 0.1) is 11.3 Å². The third kappa shape index (κ3) is 3.50. The number of hydrogen-bond donors (Lipinski definition) is 0.